The Morgan fingerprint density at radius 2 is 1.56 bits per heavy atom. The molecule has 0 saturated heterocycles. The van der Waals surface area contributed by atoms with Crippen LogP contribution in [0.1, 0.15) is 71.3 Å². The van der Waals surface area contributed by atoms with Gasteiger partial charge in [-0.3, -0.25) is 4.68 Å². The van der Waals surface area contributed by atoms with Crippen molar-refractivity contribution in [3.05, 3.63) is 70.1 Å². The number of carbonyl (C=O) groups is 1. The summed E-state index contributed by atoms with van der Waals surface area (Å²) in [6.07, 6.45) is 8.60. The number of nitrogens with zero attached hydrogens (tertiary/aromatic N) is 3. The van der Waals surface area contributed by atoms with E-state index in [1.165, 1.54) is 59.0 Å². The number of carbonyl (C=O) groups excluding carboxylic acids is 1. The fraction of sp³-hybridized carbons (Fsp3) is 0.485. The van der Waals surface area contributed by atoms with Crippen molar-refractivity contribution in [3.63, 3.8) is 0 Å². The van der Waals surface area contributed by atoms with Crippen LogP contribution >= 0.6 is 0 Å². The Labute approximate surface area is 245 Å². The van der Waals surface area contributed by atoms with Crippen LogP contribution < -0.4 is 9.14 Å². The second kappa shape index (κ2) is 14.1. The van der Waals surface area contributed by atoms with Crippen molar-refractivity contribution in [2.24, 2.45) is 7.05 Å². The van der Waals surface area contributed by atoms with Gasteiger partial charge >= 0.3 is 219 Å². The standard InChI is InChI=1S/C21H16F2N3O2.3C4H9.Sn/c1-25-20-16-7-6-14(22)11-19(16)26(21(28)17(20)12-24-25)9-8-15(27)10-13-4-2-3-5-18(13)23;3*1-3-4-2;/h2,4-7,11-12H,8-10H2,1H3;3*1,3-4H2,2H3;. The van der Waals surface area contributed by atoms with E-state index < -0.39 is 24.2 Å². The van der Waals surface area contributed by atoms with Crippen molar-refractivity contribution in [2.75, 3.05) is 0 Å². The number of rotatable bonds is 15. The maximum absolute atomic E-state index is 15.5. The second-order valence-corrected chi connectivity index (χ2v) is 24.7. The van der Waals surface area contributed by atoms with Crippen molar-refractivity contribution in [3.8, 4) is 0 Å². The number of hydrogen-bond donors (Lipinski definition) is 0. The zero-order valence-corrected chi connectivity index (χ0v) is 27.8. The zero-order valence-electron chi connectivity index (χ0n) is 24.9. The molecule has 4 aromatic rings. The molecule has 0 saturated carbocycles. The van der Waals surface area contributed by atoms with E-state index in [9.17, 15) is 14.0 Å². The molecule has 220 valence electrons. The number of Topliss-reactive ketones (excluding diaryl/α,β-unsaturated/α-hetero) is 1. The zero-order chi connectivity index (χ0) is 29.6. The van der Waals surface area contributed by atoms with E-state index in [4.69, 9.17) is 0 Å². The molecular formula is C33H43F2N3O2Sn. The van der Waals surface area contributed by atoms with Crippen LogP contribution in [0, 0.1) is 11.6 Å². The Bertz CT molecular complexity index is 1550. The second-order valence-electron chi connectivity index (χ2n) is 11.5. The summed E-state index contributed by atoms with van der Waals surface area (Å²) in [4.78, 5) is 26.3. The van der Waals surface area contributed by atoms with Crippen LogP contribution in [-0.4, -0.2) is 38.5 Å². The summed E-state index contributed by atoms with van der Waals surface area (Å²) in [6, 6.07) is 10.0. The molecule has 0 aliphatic heterocycles. The van der Waals surface area contributed by atoms with E-state index in [1.54, 1.807) is 23.9 Å². The topological polar surface area (TPSA) is 56.9 Å². The summed E-state index contributed by atoms with van der Waals surface area (Å²) < 4.78 is 37.8. The number of benzene rings is 2. The Balaban J connectivity index is 1.56. The average molecular weight is 670 g/mol. The third-order valence-corrected chi connectivity index (χ3v) is 24.2. The number of aryl methyl sites for hydroxylation is 2. The molecule has 0 radical (unpaired) electrons. The molecule has 0 fully saturated rings. The predicted molar refractivity (Wildman–Crippen MR) is 167 cm³/mol. The molecule has 0 spiro atoms. The predicted octanol–water partition coefficient (Wildman–Crippen LogP) is 7.42. The number of hydrogen-bond acceptors (Lipinski definition) is 3. The Morgan fingerprint density at radius 3 is 2.17 bits per heavy atom. The summed E-state index contributed by atoms with van der Waals surface area (Å²) >= 11 is -2.77. The quantitative estimate of drug-likeness (QED) is 0.124. The summed E-state index contributed by atoms with van der Waals surface area (Å²) in [7, 11) is 1.74. The SMILES string of the molecule is CCC[CH2][Sn]([CH2]CCC)([CH2]CCC)[c]1ccc(CC(=O)CCn2c(=O)c3cnn(C)c3c3ccc(F)cc32)c(F)c1. The van der Waals surface area contributed by atoms with Gasteiger partial charge in [0.05, 0.1) is 0 Å². The minimum atomic E-state index is -2.77. The first kappa shape index (κ1) is 31.4. The number of fused-ring (bicyclic) bond motifs is 3. The Hall–Kier alpha value is -2.55. The maximum atomic E-state index is 15.5. The first-order chi connectivity index (χ1) is 19.7. The van der Waals surface area contributed by atoms with Crippen LogP contribution in [0.25, 0.3) is 21.8 Å². The number of unbranched alkanes of at least 4 members (excludes halogenated alkanes) is 3. The molecule has 0 aliphatic rings. The Kier molecular flexibility index (Phi) is 10.8. The van der Waals surface area contributed by atoms with Gasteiger partial charge in [-0.25, -0.2) is 4.39 Å². The van der Waals surface area contributed by atoms with Gasteiger partial charge in [0.15, 0.2) is 0 Å². The molecule has 0 aliphatic carbocycles. The van der Waals surface area contributed by atoms with Crippen LogP contribution in [0.15, 0.2) is 47.4 Å². The minimum absolute atomic E-state index is 0.0241. The van der Waals surface area contributed by atoms with Gasteiger partial charge in [0.1, 0.15) is 0 Å². The normalized spacial score (nSPS) is 12.0. The van der Waals surface area contributed by atoms with Crippen LogP contribution in [0.5, 0.6) is 0 Å². The molecule has 0 bridgehead atoms. The van der Waals surface area contributed by atoms with Crippen molar-refractivity contribution in [2.45, 2.75) is 92.0 Å². The molecule has 0 N–H and O–H groups in total. The molecule has 0 amide bonds. The van der Waals surface area contributed by atoms with Crippen molar-refractivity contribution < 1.29 is 13.6 Å². The monoisotopic (exact) mass is 671 g/mol. The molecule has 5 nitrogen and oxygen atoms in total. The summed E-state index contributed by atoms with van der Waals surface area (Å²) in [6.45, 7) is 6.78. The first-order valence-corrected chi connectivity index (χ1v) is 22.7. The van der Waals surface area contributed by atoms with Gasteiger partial charge in [-0.2, -0.15) is 5.10 Å². The average Bonchev–Trinajstić information content (AvgIpc) is 3.35. The van der Waals surface area contributed by atoms with Crippen LogP contribution in [0.4, 0.5) is 8.78 Å². The van der Waals surface area contributed by atoms with Gasteiger partial charge in [0.2, 0.25) is 0 Å². The third kappa shape index (κ3) is 6.92. The number of aromatic nitrogens is 3. The van der Waals surface area contributed by atoms with E-state index in [-0.39, 0.29) is 36.5 Å². The van der Waals surface area contributed by atoms with Gasteiger partial charge < -0.3 is 0 Å². The molecule has 2 aromatic carbocycles. The molecular weight excluding hydrogens is 627 g/mol. The summed E-state index contributed by atoms with van der Waals surface area (Å²) in [5.74, 6) is -0.904. The van der Waals surface area contributed by atoms with Crippen LogP contribution in [0.3, 0.4) is 0 Å². The molecule has 2 heterocycles. The van der Waals surface area contributed by atoms with E-state index in [0.29, 0.717) is 27.4 Å². The fourth-order valence-electron chi connectivity index (χ4n) is 6.23. The molecule has 4 rings (SSSR count). The van der Waals surface area contributed by atoms with E-state index in [2.05, 4.69) is 31.9 Å². The molecule has 2 aromatic heterocycles. The van der Waals surface area contributed by atoms with Gasteiger partial charge in [-0.1, -0.05) is 0 Å². The van der Waals surface area contributed by atoms with Crippen molar-refractivity contribution in [1.29, 1.82) is 0 Å². The van der Waals surface area contributed by atoms with Gasteiger partial charge in [0.25, 0.3) is 0 Å². The molecule has 41 heavy (non-hydrogen) atoms. The van der Waals surface area contributed by atoms with Crippen molar-refractivity contribution >= 4 is 49.5 Å². The van der Waals surface area contributed by atoms with Gasteiger partial charge in [-0.15, -0.1) is 0 Å². The third-order valence-electron chi connectivity index (χ3n) is 8.61. The summed E-state index contributed by atoms with van der Waals surface area (Å²) in [5.41, 5.74) is 1.15. The molecule has 0 unspecified atom stereocenters. The van der Waals surface area contributed by atoms with E-state index in [1.807, 2.05) is 6.07 Å². The fourth-order valence-corrected chi connectivity index (χ4v) is 22.1. The number of halogens is 2. The van der Waals surface area contributed by atoms with Gasteiger partial charge in [-0.05, 0) is 6.07 Å². The molecule has 8 heteroatoms. The Morgan fingerprint density at radius 1 is 0.902 bits per heavy atom. The van der Waals surface area contributed by atoms with Gasteiger partial charge in [0, 0.05) is 7.05 Å². The molecule has 0 atom stereocenters. The summed E-state index contributed by atoms with van der Waals surface area (Å²) in [5, 5.41) is 5.32. The van der Waals surface area contributed by atoms with E-state index in [0.717, 1.165) is 19.3 Å². The van der Waals surface area contributed by atoms with Crippen molar-refractivity contribution in [1.82, 2.24) is 14.3 Å². The first-order valence-electron chi connectivity index (χ1n) is 15.2. The van der Waals surface area contributed by atoms with Crippen LogP contribution in [0.2, 0.25) is 13.3 Å². The number of ketones is 1. The van der Waals surface area contributed by atoms with Crippen LogP contribution in [-0.2, 0) is 24.8 Å². The van der Waals surface area contributed by atoms with E-state index >= 15 is 4.39 Å². The number of pyridine rings is 1.